The van der Waals surface area contributed by atoms with Crippen molar-refractivity contribution in [3.05, 3.63) is 99.6 Å². The Balaban J connectivity index is 1.34. The molecule has 0 saturated carbocycles. The lowest BCUT2D eigenvalue weighted by atomic mass is 9.96. The molecule has 1 heterocycles. The number of thioether (sulfide) groups is 1. The van der Waals surface area contributed by atoms with Crippen molar-refractivity contribution in [1.29, 1.82) is 5.26 Å². The second kappa shape index (κ2) is 16.2. The van der Waals surface area contributed by atoms with Gasteiger partial charge in [0.1, 0.15) is 16.8 Å². The molecule has 0 bridgehead atoms. The number of ether oxygens (including phenoxy) is 3. The van der Waals surface area contributed by atoms with Crippen LogP contribution in [0.5, 0.6) is 17.2 Å². The van der Waals surface area contributed by atoms with Crippen molar-refractivity contribution in [1.82, 2.24) is 5.32 Å². The van der Waals surface area contributed by atoms with Crippen LogP contribution in [0.4, 0.5) is 10.7 Å². The van der Waals surface area contributed by atoms with E-state index < -0.39 is 17.1 Å². The van der Waals surface area contributed by atoms with Crippen LogP contribution in [0.25, 0.3) is 6.08 Å². The third kappa shape index (κ3) is 8.43. The van der Waals surface area contributed by atoms with E-state index in [1.165, 1.54) is 55.4 Å². The van der Waals surface area contributed by atoms with Crippen LogP contribution in [0.3, 0.4) is 0 Å². The predicted molar refractivity (Wildman–Crippen MR) is 193 cm³/mol. The van der Waals surface area contributed by atoms with Crippen LogP contribution in [-0.2, 0) is 22.4 Å². The van der Waals surface area contributed by atoms with Crippen LogP contribution in [0.2, 0.25) is 0 Å². The first kappa shape index (κ1) is 35.1. The quantitative estimate of drug-likeness (QED) is 0.106. The van der Waals surface area contributed by atoms with E-state index in [2.05, 4.69) is 22.0 Å². The van der Waals surface area contributed by atoms with Crippen molar-refractivity contribution in [2.24, 2.45) is 0 Å². The van der Waals surface area contributed by atoms with E-state index in [9.17, 15) is 19.6 Å². The summed E-state index contributed by atoms with van der Waals surface area (Å²) in [5.41, 5.74) is 2.97. The number of thiophene rings is 1. The number of nitrogens with zero attached hydrogens (tertiary/aromatic N) is 1. The second-order valence-corrected chi connectivity index (χ2v) is 13.6. The molecule has 4 aromatic rings. The van der Waals surface area contributed by atoms with Gasteiger partial charge >= 0.3 is 0 Å². The molecule has 1 atom stereocenters. The van der Waals surface area contributed by atoms with Gasteiger partial charge in [-0.15, -0.1) is 23.1 Å². The highest BCUT2D eigenvalue weighted by molar-refractivity contribution is 8.00. The van der Waals surface area contributed by atoms with Crippen LogP contribution in [0, 0.1) is 11.3 Å². The van der Waals surface area contributed by atoms with E-state index in [1.807, 2.05) is 6.07 Å². The first-order chi connectivity index (χ1) is 23.7. The average molecular weight is 697 g/mol. The predicted octanol–water partition coefficient (Wildman–Crippen LogP) is 7.05. The Morgan fingerprint density at radius 2 is 1.63 bits per heavy atom. The number of hydrogen-bond acceptors (Lipinski definition) is 9. The summed E-state index contributed by atoms with van der Waals surface area (Å²) in [5, 5.41) is 18.5. The number of methoxy groups -OCH3 is 3. The van der Waals surface area contributed by atoms with Gasteiger partial charge in [0.25, 0.3) is 11.8 Å². The normalized spacial score (nSPS) is 12.9. The Bertz CT molecular complexity index is 1910. The van der Waals surface area contributed by atoms with Gasteiger partial charge in [0.05, 0.1) is 32.1 Å². The Morgan fingerprint density at radius 3 is 2.31 bits per heavy atom. The maximum absolute atomic E-state index is 13.7. The first-order valence-electron chi connectivity index (χ1n) is 15.6. The minimum absolute atomic E-state index is 0.0270. The number of carbonyl (C=O) groups excluding carboxylic acids is 3. The number of hydrogen-bond donors (Lipinski definition) is 3. The molecule has 1 aromatic heterocycles. The average Bonchev–Trinajstić information content (AvgIpc) is 3.47. The summed E-state index contributed by atoms with van der Waals surface area (Å²) in [6, 6.07) is 21.3. The number of nitrogens with one attached hydrogen (secondary N) is 3. The molecule has 0 spiro atoms. The Hall–Kier alpha value is -5.25. The van der Waals surface area contributed by atoms with Gasteiger partial charge in [0, 0.05) is 21.0 Å². The number of amides is 3. The van der Waals surface area contributed by atoms with E-state index in [-0.39, 0.29) is 11.6 Å². The van der Waals surface area contributed by atoms with Gasteiger partial charge in [-0.25, -0.2) is 0 Å². The summed E-state index contributed by atoms with van der Waals surface area (Å²) in [5.74, 6) is -0.103. The van der Waals surface area contributed by atoms with Crippen molar-refractivity contribution in [2.75, 3.05) is 32.0 Å². The highest BCUT2D eigenvalue weighted by atomic mass is 32.2. The summed E-state index contributed by atoms with van der Waals surface area (Å²) in [6.45, 7) is 1.79. The Morgan fingerprint density at radius 1 is 0.918 bits per heavy atom. The maximum Gasteiger partial charge on any atom is 0.272 e. The lowest BCUT2D eigenvalue weighted by Gasteiger charge is -2.15. The van der Waals surface area contributed by atoms with Crippen LogP contribution >= 0.6 is 23.1 Å². The smallest absolute Gasteiger partial charge is 0.272 e. The second-order valence-electron chi connectivity index (χ2n) is 11.1. The number of benzene rings is 3. The zero-order valence-corrected chi connectivity index (χ0v) is 29.2. The number of aryl methyl sites for hydroxylation is 1. The molecule has 49 heavy (non-hydrogen) atoms. The summed E-state index contributed by atoms with van der Waals surface area (Å²) < 4.78 is 16.4. The van der Waals surface area contributed by atoms with E-state index >= 15 is 0 Å². The van der Waals surface area contributed by atoms with Gasteiger partial charge in [0.15, 0.2) is 11.5 Å². The van der Waals surface area contributed by atoms with Gasteiger partial charge in [0.2, 0.25) is 11.7 Å². The molecular formula is C37H36N4O6S2. The monoisotopic (exact) mass is 696 g/mol. The molecule has 1 aliphatic rings. The fraction of sp³-hybridized carbons (Fsp3) is 0.243. The van der Waals surface area contributed by atoms with E-state index in [0.717, 1.165) is 36.1 Å². The minimum Gasteiger partial charge on any atom is -0.493 e. The maximum atomic E-state index is 13.7. The SMILES string of the molecule is COc1cc(/C=C(/NC(=O)c2ccccc2)C(=O)Nc2cccc(SC(C)C(=O)Nc3sc4c(c3C#N)CCCC4)c2)cc(OC)c1OC. The zero-order chi connectivity index (χ0) is 34.9. The topological polar surface area (TPSA) is 139 Å². The summed E-state index contributed by atoms with van der Waals surface area (Å²) in [7, 11) is 4.47. The third-order valence-corrected chi connectivity index (χ3v) is 10.1. The molecule has 0 radical (unpaired) electrons. The Kier molecular flexibility index (Phi) is 11.6. The van der Waals surface area contributed by atoms with Crippen molar-refractivity contribution in [3.8, 4) is 23.3 Å². The molecule has 0 aliphatic heterocycles. The highest BCUT2D eigenvalue weighted by Gasteiger charge is 2.24. The molecule has 3 aromatic carbocycles. The molecule has 0 fully saturated rings. The Labute approximate surface area is 293 Å². The molecule has 252 valence electrons. The number of carbonyl (C=O) groups is 3. The van der Waals surface area contributed by atoms with E-state index in [0.29, 0.717) is 44.6 Å². The van der Waals surface area contributed by atoms with Gasteiger partial charge in [-0.1, -0.05) is 24.3 Å². The number of anilines is 2. The van der Waals surface area contributed by atoms with Crippen LogP contribution in [0.15, 0.2) is 77.3 Å². The lowest BCUT2D eigenvalue weighted by molar-refractivity contribution is -0.115. The van der Waals surface area contributed by atoms with Crippen molar-refractivity contribution < 1.29 is 28.6 Å². The van der Waals surface area contributed by atoms with Gasteiger partial charge in [-0.2, -0.15) is 5.26 Å². The van der Waals surface area contributed by atoms with Gasteiger partial charge in [-0.05, 0) is 92.3 Å². The number of rotatable bonds is 12. The molecule has 1 aliphatic carbocycles. The standard InChI is InChI=1S/C37H36N4O6S2/c1-22(34(42)41-37-28(21-38)27-15-8-9-16-32(27)49-37)48-26-14-10-13-25(20-26)39-36(44)29(40-35(43)24-11-6-5-7-12-24)17-23-18-30(45-2)33(47-4)31(19-23)46-3/h5-7,10-14,17-20,22H,8-9,15-16H2,1-4H3,(H,39,44)(H,40,43)(H,41,42)/b29-17+. The van der Waals surface area contributed by atoms with Crippen molar-refractivity contribution in [2.45, 2.75) is 42.8 Å². The number of fused-ring (bicyclic) bond motifs is 1. The van der Waals surface area contributed by atoms with Gasteiger partial charge in [-0.3, -0.25) is 14.4 Å². The fourth-order valence-electron chi connectivity index (χ4n) is 5.38. The molecule has 5 rings (SSSR count). The minimum atomic E-state index is -0.573. The van der Waals surface area contributed by atoms with Crippen LogP contribution in [-0.4, -0.2) is 44.3 Å². The fourth-order valence-corrected chi connectivity index (χ4v) is 7.55. The molecule has 10 nitrogen and oxygen atoms in total. The van der Waals surface area contributed by atoms with Crippen molar-refractivity contribution in [3.63, 3.8) is 0 Å². The highest BCUT2D eigenvalue weighted by Crippen LogP contribution is 2.40. The summed E-state index contributed by atoms with van der Waals surface area (Å²) in [4.78, 5) is 42.0. The van der Waals surface area contributed by atoms with Crippen LogP contribution in [0.1, 0.15) is 51.7 Å². The van der Waals surface area contributed by atoms with Crippen LogP contribution < -0.4 is 30.2 Å². The third-order valence-electron chi connectivity index (χ3n) is 7.82. The molecule has 0 saturated heterocycles. The lowest BCUT2D eigenvalue weighted by Crippen LogP contribution is -2.30. The van der Waals surface area contributed by atoms with E-state index in [1.54, 1.807) is 67.6 Å². The zero-order valence-electron chi connectivity index (χ0n) is 27.5. The summed E-state index contributed by atoms with van der Waals surface area (Å²) >= 11 is 2.82. The largest absolute Gasteiger partial charge is 0.493 e. The summed E-state index contributed by atoms with van der Waals surface area (Å²) in [6.07, 6.45) is 5.45. The molecule has 1 unspecified atom stereocenters. The van der Waals surface area contributed by atoms with E-state index in [4.69, 9.17) is 14.2 Å². The number of nitriles is 1. The first-order valence-corrected chi connectivity index (χ1v) is 17.3. The molecule has 12 heteroatoms. The molecule has 3 amide bonds. The molecular weight excluding hydrogens is 661 g/mol. The van der Waals surface area contributed by atoms with Gasteiger partial charge < -0.3 is 30.2 Å². The van der Waals surface area contributed by atoms with Crippen molar-refractivity contribution >= 4 is 57.6 Å². The molecule has 3 N–H and O–H groups in total.